The Kier molecular flexibility index (Phi) is 4.96. The summed E-state index contributed by atoms with van der Waals surface area (Å²) in [5.74, 6) is 2.95. The van der Waals surface area contributed by atoms with Crippen LogP contribution in [-0.2, 0) is 0 Å². The van der Waals surface area contributed by atoms with Gasteiger partial charge in [0.1, 0.15) is 17.3 Å². The molecule has 1 N–H and O–H groups in total. The van der Waals surface area contributed by atoms with Gasteiger partial charge in [-0.1, -0.05) is 12.1 Å². The Labute approximate surface area is 168 Å². The SMILES string of the molecule is COc1ccc(-c2cc(-c3ccc(C(C)=O)[nH]3)oc2-c2ccc(OC)cc2)cc1. The molecule has 5 heteroatoms. The zero-order valence-electron chi connectivity index (χ0n) is 16.5. The molecule has 0 fully saturated rings. The minimum Gasteiger partial charge on any atom is -0.497 e. The molecule has 2 heterocycles. The number of nitrogens with one attached hydrogen (secondary N) is 1. The van der Waals surface area contributed by atoms with Crippen molar-refractivity contribution in [2.75, 3.05) is 14.2 Å². The average molecular weight is 387 g/mol. The van der Waals surface area contributed by atoms with E-state index in [9.17, 15) is 4.79 Å². The molecule has 4 rings (SSSR count). The summed E-state index contributed by atoms with van der Waals surface area (Å²) in [5.41, 5.74) is 4.19. The summed E-state index contributed by atoms with van der Waals surface area (Å²) in [4.78, 5) is 14.8. The van der Waals surface area contributed by atoms with Gasteiger partial charge >= 0.3 is 0 Å². The fraction of sp³-hybridized carbons (Fsp3) is 0.125. The number of methoxy groups -OCH3 is 2. The van der Waals surface area contributed by atoms with Gasteiger partial charge in [-0.15, -0.1) is 0 Å². The van der Waals surface area contributed by atoms with E-state index in [0.29, 0.717) is 11.5 Å². The Balaban J connectivity index is 1.83. The second-order valence-corrected chi connectivity index (χ2v) is 6.65. The zero-order valence-corrected chi connectivity index (χ0v) is 16.5. The standard InChI is InChI=1S/C24H21NO4/c1-15(26)21-12-13-22(25-21)23-14-20(16-4-8-18(27-2)9-5-16)24(29-23)17-6-10-19(28-3)11-7-17/h4-14,25H,1-3H3. The molecule has 0 atom stereocenters. The molecule has 0 amide bonds. The number of ketones is 1. The van der Waals surface area contributed by atoms with Crippen LogP contribution in [-0.4, -0.2) is 25.0 Å². The smallest absolute Gasteiger partial charge is 0.175 e. The number of ether oxygens (including phenoxy) is 2. The van der Waals surface area contributed by atoms with Crippen LogP contribution in [0, 0.1) is 0 Å². The first-order valence-electron chi connectivity index (χ1n) is 9.22. The van der Waals surface area contributed by atoms with Crippen LogP contribution < -0.4 is 9.47 Å². The molecule has 0 spiro atoms. The lowest BCUT2D eigenvalue weighted by Crippen LogP contribution is -1.90. The number of carbonyl (C=O) groups excluding carboxylic acids is 1. The molecule has 0 aliphatic carbocycles. The number of aromatic amines is 1. The van der Waals surface area contributed by atoms with E-state index in [0.717, 1.165) is 39.6 Å². The van der Waals surface area contributed by atoms with E-state index in [4.69, 9.17) is 13.9 Å². The topological polar surface area (TPSA) is 64.5 Å². The number of aromatic nitrogens is 1. The van der Waals surface area contributed by atoms with E-state index in [1.807, 2.05) is 60.7 Å². The van der Waals surface area contributed by atoms with Crippen LogP contribution in [0.2, 0.25) is 0 Å². The van der Waals surface area contributed by atoms with Crippen LogP contribution >= 0.6 is 0 Å². The molecular weight excluding hydrogens is 366 g/mol. The van der Waals surface area contributed by atoms with Gasteiger partial charge in [-0.25, -0.2) is 0 Å². The van der Waals surface area contributed by atoms with Gasteiger partial charge in [-0.05, 0) is 60.2 Å². The number of H-pyrrole nitrogens is 1. The first kappa shape index (κ1) is 18.6. The molecule has 2 aromatic carbocycles. The lowest BCUT2D eigenvalue weighted by Gasteiger charge is -2.06. The minimum atomic E-state index is -0.0199. The first-order valence-corrected chi connectivity index (χ1v) is 9.22. The van der Waals surface area contributed by atoms with E-state index in [1.165, 1.54) is 6.92 Å². The Bertz CT molecular complexity index is 1070. The second-order valence-electron chi connectivity index (χ2n) is 6.65. The summed E-state index contributed by atoms with van der Waals surface area (Å²) >= 11 is 0. The van der Waals surface area contributed by atoms with Gasteiger partial charge in [0.25, 0.3) is 0 Å². The molecule has 0 radical (unpaired) electrons. The van der Waals surface area contributed by atoms with Gasteiger partial charge in [0, 0.05) is 18.1 Å². The van der Waals surface area contributed by atoms with Crippen molar-refractivity contribution in [3.05, 3.63) is 72.4 Å². The summed E-state index contributed by atoms with van der Waals surface area (Å²) in [6, 6.07) is 21.2. The molecule has 0 saturated heterocycles. The van der Waals surface area contributed by atoms with E-state index in [-0.39, 0.29) is 5.78 Å². The Morgan fingerprint density at radius 2 is 1.41 bits per heavy atom. The van der Waals surface area contributed by atoms with Crippen LogP contribution in [0.4, 0.5) is 0 Å². The molecular formula is C24H21NO4. The van der Waals surface area contributed by atoms with E-state index in [1.54, 1.807) is 20.3 Å². The molecule has 29 heavy (non-hydrogen) atoms. The molecule has 2 aromatic heterocycles. The Morgan fingerprint density at radius 3 is 1.93 bits per heavy atom. The second kappa shape index (κ2) is 7.72. The van der Waals surface area contributed by atoms with Crippen molar-refractivity contribution in [2.24, 2.45) is 0 Å². The molecule has 146 valence electrons. The van der Waals surface area contributed by atoms with Gasteiger partial charge in [-0.3, -0.25) is 4.79 Å². The molecule has 0 aliphatic heterocycles. The van der Waals surface area contributed by atoms with E-state index >= 15 is 0 Å². The van der Waals surface area contributed by atoms with E-state index in [2.05, 4.69) is 4.98 Å². The molecule has 4 aromatic rings. The average Bonchev–Trinajstić information content (AvgIpc) is 3.41. The van der Waals surface area contributed by atoms with Crippen LogP contribution in [0.15, 0.2) is 71.1 Å². The number of rotatable bonds is 6. The van der Waals surface area contributed by atoms with Crippen LogP contribution in [0.25, 0.3) is 33.9 Å². The molecule has 0 bridgehead atoms. The van der Waals surface area contributed by atoms with Gasteiger partial charge in [0.05, 0.1) is 25.6 Å². The molecule has 0 saturated carbocycles. The monoisotopic (exact) mass is 387 g/mol. The van der Waals surface area contributed by atoms with Gasteiger partial charge in [-0.2, -0.15) is 0 Å². The Hall–Kier alpha value is -3.73. The lowest BCUT2D eigenvalue weighted by atomic mass is 10.0. The first-order chi connectivity index (χ1) is 14.1. The summed E-state index contributed by atoms with van der Waals surface area (Å²) in [6.45, 7) is 1.53. The van der Waals surface area contributed by atoms with Gasteiger partial charge in [0.2, 0.25) is 0 Å². The van der Waals surface area contributed by atoms with Crippen molar-refractivity contribution in [1.29, 1.82) is 0 Å². The third-order valence-corrected chi connectivity index (χ3v) is 4.82. The summed E-state index contributed by atoms with van der Waals surface area (Å²) in [7, 11) is 3.28. The van der Waals surface area contributed by atoms with Crippen molar-refractivity contribution >= 4 is 5.78 Å². The summed E-state index contributed by atoms with van der Waals surface area (Å²) < 4.78 is 16.8. The van der Waals surface area contributed by atoms with Gasteiger partial charge < -0.3 is 18.9 Å². The number of Topliss-reactive ketones (excluding diaryl/α,β-unsaturated/α-hetero) is 1. The highest BCUT2D eigenvalue weighted by atomic mass is 16.5. The lowest BCUT2D eigenvalue weighted by molar-refractivity contribution is 0.101. The van der Waals surface area contributed by atoms with Crippen LogP contribution in [0.5, 0.6) is 11.5 Å². The maximum atomic E-state index is 11.6. The van der Waals surface area contributed by atoms with Crippen LogP contribution in [0.1, 0.15) is 17.4 Å². The number of furan rings is 1. The maximum absolute atomic E-state index is 11.6. The molecule has 5 nitrogen and oxygen atoms in total. The van der Waals surface area contributed by atoms with E-state index < -0.39 is 0 Å². The van der Waals surface area contributed by atoms with Crippen molar-refractivity contribution in [3.63, 3.8) is 0 Å². The highest BCUT2D eigenvalue weighted by Gasteiger charge is 2.18. The molecule has 0 aliphatic rings. The summed E-state index contributed by atoms with van der Waals surface area (Å²) in [6.07, 6.45) is 0. The van der Waals surface area contributed by atoms with Crippen molar-refractivity contribution in [3.8, 4) is 45.4 Å². The highest BCUT2D eigenvalue weighted by Crippen LogP contribution is 2.39. The zero-order chi connectivity index (χ0) is 20.4. The van der Waals surface area contributed by atoms with Crippen molar-refractivity contribution < 1.29 is 18.7 Å². The van der Waals surface area contributed by atoms with Crippen molar-refractivity contribution in [1.82, 2.24) is 4.98 Å². The van der Waals surface area contributed by atoms with Crippen molar-refractivity contribution in [2.45, 2.75) is 6.92 Å². The maximum Gasteiger partial charge on any atom is 0.175 e. The quantitative estimate of drug-likeness (QED) is 0.423. The fourth-order valence-corrected chi connectivity index (χ4v) is 3.21. The minimum absolute atomic E-state index is 0.0199. The predicted molar refractivity (Wildman–Crippen MR) is 112 cm³/mol. The normalized spacial score (nSPS) is 10.7. The number of benzene rings is 2. The fourth-order valence-electron chi connectivity index (χ4n) is 3.21. The predicted octanol–water partition coefficient (Wildman–Crippen LogP) is 5.83. The highest BCUT2D eigenvalue weighted by molar-refractivity contribution is 5.93. The number of hydrogen-bond donors (Lipinski definition) is 1. The third-order valence-electron chi connectivity index (χ3n) is 4.82. The third kappa shape index (κ3) is 3.67. The van der Waals surface area contributed by atoms with Gasteiger partial charge in [0.15, 0.2) is 11.5 Å². The number of hydrogen-bond acceptors (Lipinski definition) is 4. The summed E-state index contributed by atoms with van der Waals surface area (Å²) in [5, 5.41) is 0. The molecule has 0 unspecified atom stereocenters. The van der Waals surface area contributed by atoms with Crippen LogP contribution in [0.3, 0.4) is 0 Å². The number of carbonyl (C=O) groups is 1. The largest absolute Gasteiger partial charge is 0.497 e. The Morgan fingerprint density at radius 1 is 0.828 bits per heavy atom.